The van der Waals surface area contributed by atoms with Crippen molar-refractivity contribution in [3.05, 3.63) is 29.8 Å². The maximum Gasteiger partial charge on any atom is 0.321 e. The Morgan fingerprint density at radius 2 is 2.22 bits per heavy atom. The zero-order valence-electron chi connectivity index (χ0n) is 11.3. The Bertz CT molecular complexity index is 417. The smallest absolute Gasteiger partial charge is 0.321 e. The largest absolute Gasteiger partial charge is 0.338 e. The highest BCUT2D eigenvalue weighted by Crippen LogP contribution is 2.29. The molecule has 0 aliphatic carbocycles. The first-order valence-electron chi connectivity index (χ1n) is 6.85. The molecule has 3 nitrogen and oxygen atoms in total. The number of urea groups is 1. The lowest BCUT2D eigenvalue weighted by Crippen LogP contribution is -2.45. The van der Waals surface area contributed by atoms with E-state index in [0.717, 1.165) is 38.0 Å². The summed E-state index contributed by atoms with van der Waals surface area (Å²) >= 11 is 0. The molecule has 0 radical (unpaired) electrons. The summed E-state index contributed by atoms with van der Waals surface area (Å²) in [6.07, 6.45) is 3.21. The monoisotopic (exact) mass is 246 g/mol. The van der Waals surface area contributed by atoms with Crippen LogP contribution in [0.1, 0.15) is 32.3 Å². The number of carbonyl (C=O) groups excluding carboxylic acids is 1. The molecule has 2 amide bonds. The van der Waals surface area contributed by atoms with E-state index in [4.69, 9.17) is 0 Å². The van der Waals surface area contributed by atoms with Crippen molar-refractivity contribution in [2.24, 2.45) is 5.92 Å². The van der Waals surface area contributed by atoms with Crippen molar-refractivity contribution in [3.63, 3.8) is 0 Å². The molecule has 98 valence electrons. The second-order valence-electron chi connectivity index (χ2n) is 5.13. The Labute approximate surface area is 109 Å². The molecule has 1 aromatic rings. The van der Waals surface area contributed by atoms with E-state index in [9.17, 15) is 4.79 Å². The number of carbonyl (C=O) groups is 1. The summed E-state index contributed by atoms with van der Waals surface area (Å²) in [5, 5.41) is 3.00. The molecule has 0 aromatic heterocycles. The number of amides is 2. The van der Waals surface area contributed by atoms with Crippen LogP contribution >= 0.6 is 0 Å². The molecule has 18 heavy (non-hydrogen) atoms. The summed E-state index contributed by atoms with van der Waals surface area (Å²) in [6, 6.07) is 8.26. The first kappa shape index (κ1) is 12.9. The zero-order valence-corrected chi connectivity index (χ0v) is 11.3. The van der Waals surface area contributed by atoms with Gasteiger partial charge in [-0.1, -0.05) is 38.5 Å². The Morgan fingerprint density at radius 1 is 1.44 bits per heavy atom. The van der Waals surface area contributed by atoms with E-state index in [2.05, 4.69) is 25.2 Å². The van der Waals surface area contributed by atoms with Crippen LogP contribution < -0.4 is 10.2 Å². The van der Waals surface area contributed by atoms with Crippen LogP contribution in [0.3, 0.4) is 0 Å². The average molecular weight is 246 g/mol. The molecule has 1 heterocycles. The summed E-state index contributed by atoms with van der Waals surface area (Å²) in [5.74, 6) is 0.525. The van der Waals surface area contributed by atoms with Gasteiger partial charge in [-0.25, -0.2) is 4.79 Å². The van der Waals surface area contributed by atoms with Crippen molar-refractivity contribution in [1.29, 1.82) is 0 Å². The molecule has 0 spiro atoms. The standard InChI is InChI=1S/C15H22N2O/c1-3-4-9-16-15(18)17-11-12(2)10-13-7-5-6-8-14(13)17/h5-8,12H,3-4,9-11H2,1-2H3,(H,16,18). The molecule has 1 aliphatic heterocycles. The number of hydrogen-bond donors (Lipinski definition) is 1. The summed E-state index contributed by atoms with van der Waals surface area (Å²) in [4.78, 5) is 14.1. The minimum Gasteiger partial charge on any atom is -0.338 e. The number of anilines is 1. The number of unbranched alkanes of at least 4 members (excludes halogenated alkanes) is 1. The van der Waals surface area contributed by atoms with Crippen molar-refractivity contribution in [1.82, 2.24) is 5.32 Å². The molecule has 2 rings (SSSR count). The van der Waals surface area contributed by atoms with Gasteiger partial charge in [0.25, 0.3) is 0 Å². The molecule has 3 heteroatoms. The normalized spacial score (nSPS) is 18.3. The van der Waals surface area contributed by atoms with Gasteiger partial charge in [0.05, 0.1) is 0 Å². The van der Waals surface area contributed by atoms with Crippen LogP contribution in [0.4, 0.5) is 10.5 Å². The molecule has 1 atom stereocenters. The van der Waals surface area contributed by atoms with Gasteiger partial charge in [0, 0.05) is 18.8 Å². The lowest BCUT2D eigenvalue weighted by molar-refractivity contribution is 0.244. The summed E-state index contributed by atoms with van der Waals surface area (Å²) in [7, 11) is 0. The molecule has 0 saturated carbocycles. The fraction of sp³-hybridized carbons (Fsp3) is 0.533. The Morgan fingerprint density at radius 3 is 3.00 bits per heavy atom. The van der Waals surface area contributed by atoms with Crippen molar-refractivity contribution >= 4 is 11.7 Å². The third-order valence-electron chi connectivity index (χ3n) is 3.40. The van der Waals surface area contributed by atoms with Gasteiger partial charge in [-0.2, -0.15) is 0 Å². The third kappa shape index (κ3) is 2.84. The van der Waals surface area contributed by atoms with Crippen LogP contribution in [0.15, 0.2) is 24.3 Å². The van der Waals surface area contributed by atoms with Crippen LogP contribution in [-0.4, -0.2) is 19.1 Å². The number of fused-ring (bicyclic) bond motifs is 1. The summed E-state index contributed by atoms with van der Waals surface area (Å²) in [5.41, 5.74) is 2.35. The molecule has 1 unspecified atom stereocenters. The number of benzene rings is 1. The van der Waals surface area contributed by atoms with E-state index in [-0.39, 0.29) is 6.03 Å². The van der Waals surface area contributed by atoms with Gasteiger partial charge in [0.1, 0.15) is 0 Å². The maximum atomic E-state index is 12.2. The minimum atomic E-state index is 0.0439. The SMILES string of the molecule is CCCCNC(=O)N1CC(C)Cc2ccccc21. The number of rotatable bonds is 3. The van der Waals surface area contributed by atoms with Gasteiger partial charge >= 0.3 is 6.03 Å². The van der Waals surface area contributed by atoms with E-state index in [0.29, 0.717) is 5.92 Å². The van der Waals surface area contributed by atoms with Crippen molar-refractivity contribution in [2.75, 3.05) is 18.0 Å². The number of hydrogen-bond acceptors (Lipinski definition) is 1. The minimum absolute atomic E-state index is 0.0439. The van der Waals surface area contributed by atoms with Crippen molar-refractivity contribution in [2.45, 2.75) is 33.1 Å². The van der Waals surface area contributed by atoms with Gasteiger partial charge in [-0.3, -0.25) is 4.90 Å². The molecule has 0 fully saturated rings. The van der Waals surface area contributed by atoms with Crippen molar-refractivity contribution in [3.8, 4) is 0 Å². The number of para-hydroxylation sites is 1. The van der Waals surface area contributed by atoms with Gasteiger partial charge in [0.15, 0.2) is 0 Å². The lowest BCUT2D eigenvalue weighted by Gasteiger charge is -2.33. The molecule has 1 N–H and O–H groups in total. The fourth-order valence-corrected chi connectivity index (χ4v) is 2.46. The van der Waals surface area contributed by atoms with Crippen LogP contribution in [0.25, 0.3) is 0 Å². The Hall–Kier alpha value is -1.51. The number of nitrogens with one attached hydrogen (secondary N) is 1. The molecule has 0 bridgehead atoms. The topological polar surface area (TPSA) is 32.3 Å². The van der Waals surface area contributed by atoms with E-state index >= 15 is 0 Å². The molecule has 0 saturated heterocycles. The highest BCUT2D eigenvalue weighted by atomic mass is 16.2. The van der Waals surface area contributed by atoms with E-state index < -0.39 is 0 Å². The van der Waals surface area contributed by atoms with Crippen LogP contribution in [0.2, 0.25) is 0 Å². The lowest BCUT2D eigenvalue weighted by atomic mass is 9.94. The maximum absolute atomic E-state index is 12.2. The van der Waals surface area contributed by atoms with Gasteiger partial charge in [-0.15, -0.1) is 0 Å². The zero-order chi connectivity index (χ0) is 13.0. The first-order valence-corrected chi connectivity index (χ1v) is 6.85. The molecule has 1 aliphatic rings. The van der Waals surface area contributed by atoms with E-state index in [1.807, 2.05) is 23.1 Å². The molecular weight excluding hydrogens is 224 g/mol. The summed E-state index contributed by atoms with van der Waals surface area (Å²) < 4.78 is 0. The number of nitrogens with zero attached hydrogens (tertiary/aromatic N) is 1. The summed E-state index contributed by atoms with van der Waals surface area (Å²) in [6.45, 7) is 5.91. The average Bonchev–Trinajstić information content (AvgIpc) is 2.38. The molecule has 1 aromatic carbocycles. The van der Waals surface area contributed by atoms with Crippen LogP contribution in [0, 0.1) is 5.92 Å². The van der Waals surface area contributed by atoms with E-state index in [1.54, 1.807) is 0 Å². The van der Waals surface area contributed by atoms with Gasteiger partial charge in [0.2, 0.25) is 0 Å². The van der Waals surface area contributed by atoms with Crippen molar-refractivity contribution < 1.29 is 4.79 Å². The first-order chi connectivity index (χ1) is 8.72. The Balaban J connectivity index is 2.10. The molecular formula is C15H22N2O. The highest BCUT2D eigenvalue weighted by Gasteiger charge is 2.25. The second-order valence-corrected chi connectivity index (χ2v) is 5.13. The van der Waals surface area contributed by atoms with Gasteiger partial charge in [-0.05, 0) is 30.4 Å². The highest BCUT2D eigenvalue weighted by molar-refractivity contribution is 5.93. The van der Waals surface area contributed by atoms with Crippen LogP contribution in [0.5, 0.6) is 0 Å². The second kappa shape index (κ2) is 5.89. The Kier molecular flexibility index (Phi) is 4.24. The van der Waals surface area contributed by atoms with E-state index in [1.165, 1.54) is 5.56 Å². The van der Waals surface area contributed by atoms with Crippen LogP contribution in [-0.2, 0) is 6.42 Å². The third-order valence-corrected chi connectivity index (χ3v) is 3.40. The van der Waals surface area contributed by atoms with Gasteiger partial charge < -0.3 is 5.32 Å². The fourth-order valence-electron chi connectivity index (χ4n) is 2.46. The quantitative estimate of drug-likeness (QED) is 0.816. The predicted molar refractivity (Wildman–Crippen MR) is 75.0 cm³/mol. The predicted octanol–water partition coefficient (Wildman–Crippen LogP) is 3.19.